The third-order valence-corrected chi connectivity index (χ3v) is 10.6. The van der Waals surface area contributed by atoms with Crippen molar-refractivity contribution in [3.8, 4) is 11.3 Å². The van der Waals surface area contributed by atoms with Crippen LogP contribution in [0.4, 0.5) is 4.79 Å². The lowest BCUT2D eigenvalue weighted by atomic mass is 9.96. The number of aromatic nitrogens is 4. The van der Waals surface area contributed by atoms with Crippen molar-refractivity contribution >= 4 is 82.9 Å². The number of nitrogens with zero attached hydrogens (tertiary/aromatic N) is 4. The van der Waals surface area contributed by atoms with Crippen molar-refractivity contribution in [2.24, 2.45) is 17.8 Å². The van der Waals surface area contributed by atoms with Crippen LogP contribution in [0.25, 0.3) is 22.3 Å². The quantitative estimate of drug-likeness (QED) is 0.147. The number of fused-ring (bicyclic) bond motifs is 1. The van der Waals surface area contributed by atoms with Crippen molar-refractivity contribution in [2.75, 3.05) is 20.2 Å². The summed E-state index contributed by atoms with van der Waals surface area (Å²) in [6, 6.07) is 14.1. The Morgan fingerprint density at radius 2 is 1.39 bits per heavy atom. The van der Waals surface area contributed by atoms with Crippen molar-refractivity contribution in [2.45, 2.75) is 91.3 Å². The first-order chi connectivity index (χ1) is 24.0. The van der Waals surface area contributed by atoms with Crippen molar-refractivity contribution in [3.05, 3.63) is 71.4 Å². The summed E-state index contributed by atoms with van der Waals surface area (Å²) in [6.45, 7) is 11.5. The number of rotatable bonds is 11. The van der Waals surface area contributed by atoms with Crippen LogP contribution >= 0.6 is 54.0 Å². The summed E-state index contributed by atoms with van der Waals surface area (Å²) >= 11 is 0. The van der Waals surface area contributed by atoms with Crippen molar-refractivity contribution < 1.29 is 19.1 Å². The molecule has 2 fully saturated rings. The molecular weight excluding hydrogens is 759 g/mol. The zero-order chi connectivity index (χ0) is 35.5. The fourth-order valence-corrected chi connectivity index (χ4v) is 7.24. The molecule has 11 nitrogen and oxygen atoms in total. The molecule has 0 aliphatic carbocycles. The molecule has 4 heterocycles. The van der Waals surface area contributed by atoms with Gasteiger partial charge in [-0.15, -0.1) is 0 Å². The van der Waals surface area contributed by atoms with Gasteiger partial charge in [-0.25, -0.2) is 14.8 Å². The average molecular weight is 818 g/mol. The van der Waals surface area contributed by atoms with Crippen LogP contribution in [0.15, 0.2) is 48.7 Å². The summed E-state index contributed by atoms with van der Waals surface area (Å²) in [5.41, 5.74) is 6.32. The van der Waals surface area contributed by atoms with Crippen LogP contribution in [0.2, 0.25) is 0 Å². The maximum Gasteiger partial charge on any atom is 0.407 e. The Balaban J connectivity index is 0.00000252. The van der Waals surface area contributed by atoms with E-state index in [9.17, 15) is 14.4 Å². The van der Waals surface area contributed by atoms with E-state index < -0.39 is 12.1 Å². The first kappa shape index (κ1) is 46.9. The maximum absolute atomic E-state index is 13.5. The molecule has 2 aliphatic heterocycles. The van der Waals surface area contributed by atoms with Crippen molar-refractivity contribution in [1.29, 1.82) is 0 Å². The van der Waals surface area contributed by atoms with E-state index in [-0.39, 0.29) is 89.7 Å². The number of hydrogen-bond acceptors (Lipinski definition) is 6. The zero-order valence-corrected chi connectivity index (χ0v) is 36.2. The number of imidazole rings is 2. The first-order valence-corrected chi connectivity index (χ1v) is 18.1. The van der Waals surface area contributed by atoms with Gasteiger partial charge in [-0.2, -0.15) is 54.0 Å². The van der Waals surface area contributed by atoms with E-state index in [1.807, 2.05) is 42.8 Å². The highest BCUT2D eigenvalue weighted by atomic mass is 32.1. The molecule has 3 N–H and O–H groups in total. The summed E-state index contributed by atoms with van der Waals surface area (Å²) in [5.74, 6) is 1.97. The largest absolute Gasteiger partial charge is 0.453 e. The lowest BCUT2D eigenvalue weighted by molar-refractivity contribution is -0.137. The van der Waals surface area contributed by atoms with Gasteiger partial charge in [-0.3, -0.25) is 9.59 Å². The molecule has 3 amide bonds. The third kappa shape index (κ3) is 10.3. The number of H-pyrrole nitrogens is 2. The van der Waals surface area contributed by atoms with Crippen LogP contribution in [0.5, 0.6) is 0 Å². The van der Waals surface area contributed by atoms with E-state index in [1.54, 1.807) is 0 Å². The molecular formula is C39H59N7O4S4. The van der Waals surface area contributed by atoms with Crippen LogP contribution in [0.1, 0.15) is 95.2 Å². The van der Waals surface area contributed by atoms with Crippen molar-refractivity contribution in [3.63, 3.8) is 0 Å². The molecule has 2 aromatic heterocycles. The Morgan fingerprint density at radius 1 is 0.796 bits per heavy atom. The minimum Gasteiger partial charge on any atom is -0.453 e. The standard InChI is InChI=1S/C39H51N7O4.4H2S/c1-23(2)25(5)37(47)45-19-7-9-32(45)35-40-22-31(43-35)28-16-13-26(14-17-28)11-12-27-15-18-29-30(21-27)42-36(41-29)33-10-8-20-46(33)38(48)34(24(3)4)44-39(49)50-6;;;;/h13-18,21-25,32-34H,7-12,19-20H2,1-6H3,(H,40,43)(H,41,42)(H,44,49);4*1H2/t25-,32-,33-,34-;;;;/m0..../s1. The number of carbonyl (C=O) groups excluding carboxylic acids is 3. The van der Waals surface area contributed by atoms with Gasteiger partial charge in [-0.05, 0) is 79.2 Å². The van der Waals surface area contributed by atoms with Gasteiger partial charge in [0, 0.05) is 19.0 Å². The predicted molar refractivity (Wildman–Crippen MR) is 235 cm³/mol. The molecule has 0 radical (unpaired) electrons. The van der Waals surface area contributed by atoms with Crippen LogP contribution < -0.4 is 5.32 Å². The predicted octanol–water partition coefficient (Wildman–Crippen LogP) is 7.19. The summed E-state index contributed by atoms with van der Waals surface area (Å²) in [5, 5.41) is 2.71. The first-order valence-electron chi connectivity index (χ1n) is 18.1. The monoisotopic (exact) mass is 817 g/mol. The van der Waals surface area contributed by atoms with Gasteiger partial charge in [0.25, 0.3) is 0 Å². The topological polar surface area (TPSA) is 136 Å². The Labute approximate surface area is 347 Å². The summed E-state index contributed by atoms with van der Waals surface area (Å²) in [4.78, 5) is 59.0. The molecule has 2 aliphatic rings. The minimum atomic E-state index is -0.664. The Morgan fingerprint density at radius 3 is 2.00 bits per heavy atom. The van der Waals surface area contributed by atoms with Gasteiger partial charge in [0.15, 0.2) is 0 Å². The fraction of sp³-hybridized carbons (Fsp3) is 0.513. The lowest BCUT2D eigenvalue weighted by Crippen LogP contribution is -2.51. The number of amides is 3. The summed E-state index contributed by atoms with van der Waals surface area (Å²) in [6.07, 6.45) is 6.66. The van der Waals surface area contributed by atoms with Crippen LogP contribution in [-0.2, 0) is 27.2 Å². The molecule has 54 heavy (non-hydrogen) atoms. The fourth-order valence-electron chi connectivity index (χ4n) is 7.24. The smallest absolute Gasteiger partial charge is 0.407 e. The molecule has 2 aromatic carbocycles. The van der Waals surface area contributed by atoms with E-state index >= 15 is 0 Å². The van der Waals surface area contributed by atoms with Gasteiger partial charge >= 0.3 is 6.09 Å². The van der Waals surface area contributed by atoms with Gasteiger partial charge in [0.1, 0.15) is 17.7 Å². The van der Waals surface area contributed by atoms with Gasteiger partial charge < -0.3 is 29.8 Å². The molecule has 4 atom stereocenters. The van der Waals surface area contributed by atoms with E-state index in [2.05, 4.69) is 65.5 Å². The third-order valence-electron chi connectivity index (χ3n) is 10.6. The molecule has 298 valence electrons. The molecule has 2 saturated heterocycles. The number of aromatic amines is 2. The lowest BCUT2D eigenvalue weighted by Gasteiger charge is -2.29. The SMILES string of the molecule is COC(=O)N[C@H](C(=O)N1CCC[C@H]1c1nc2ccc(CCc3ccc(-c4cnc([C@@H]5CCCN5C(=O)[C@@H](C)C(C)C)[nH]4)cc3)cc2[nH]1)C(C)C.S.S.S.S. The summed E-state index contributed by atoms with van der Waals surface area (Å²) < 4.78 is 4.76. The number of nitrogens with one attached hydrogen (secondary N) is 3. The molecule has 0 spiro atoms. The minimum absolute atomic E-state index is 0. The van der Waals surface area contributed by atoms with E-state index in [1.165, 1.54) is 18.2 Å². The number of hydrogen-bond donors (Lipinski definition) is 3. The second-order valence-electron chi connectivity index (χ2n) is 14.6. The molecule has 4 aromatic rings. The highest BCUT2D eigenvalue weighted by Crippen LogP contribution is 2.35. The molecule has 0 bridgehead atoms. The van der Waals surface area contributed by atoms with E-state index in [0.29, 0.717) is 12.5 Å². The number of benzene rings is 2. The number of ether oxygens (including phenoxy) is 1. The van der Waals surface area contributed by atoms with Gasteiger partial charge in [-0.1, -0.05) is 65.0 Å². The number of carbonyl (C=O) groups is 3. The average Bonchev–Trinajstić information content (AvgIpc) is 3.94. The van der Waals surface area contributed by atoms with Crippen LogP contribution in [0, 0.1) is 17.8 Å². The van der Waals surface area contributed by atoms with Gasteiger partial charge in [0.05, 0.1) is 42.1 Å². The van der Waals surface area contributed by atoms with Gasteiger partial charge in [0.2, 0.25) is 11.8 Å². The highest BCUT2D eigenvalue weighted by molar-refractivity contribution is 7.59. The second kappa shape index (κ2) is 20.6. The molecule has 6 rings (SSSR count). The molecule has 15 heteroatoms. The van der Waals surface area contributed by atoms with Crippen LogP contribution in [-0.4, -0.2) is 73.9 Å². The Kier molecular flexibility index (Phi) is 17.9. The number of methoxy groups -OCH3 is 1. The van der Waals surface area contributed by atoms with E-state index in [0.717, 1.165) is 79.0 Å². The number of alkyl carbamates (subject to hydrolysis) is 1. The van der Waals surface area contributed by atoms with Crippen molar-refractivity contribution in [1.82, 2.24) is 35.1 Å². The maximum atomic E-state index is 13.5. The van der Waals surface area contributed by atoms with Crippen LogP contribution in [0.3, 0.4) is 0 Å². The summed E-state index contributed by atoms with van der Waals surface area (Å²) in [7, 11) is 1.30. The Bertz CT molecular complexity index is 1830. The molecule has 0 saturated carbocycles. The Hall–Kier alpha value is -3.27. The number of aryl methyl sites for hydroxylation is 2. The number of likely N-dealkylation sites (tertiary alicyclic amines) is 2. The van der Waals surface area contributed by atoms with E-state index in [4.69, 9.17) is 14.7 Å². The normalized spacial score (nSPS) is 17.6. The molecule has 0 unspecified atom stereocenters. The second-order valence-corrected chi connectivity index (χ2v) is 14.6. The zero-order valence-electron chi connectivity index (χ0n) is 32.2. The highest BCUT2D eigenvalue weighted by Gasteiger charge is 2.38.